The molecule has 4 aromatic rings. The Kier molecular flexibility index (Phi) is 3.83. The maximum Gasteiger partial charge on any atom is 0.119 e. The normalized spacial score (nSPS) is 10.1. The van der Waals surface area contributed by atoms with E-state index >= 15 is 0 Å². The molecule has 0 aliphatic rings. The summed E-state index contributed by atoms with van der Waals surface area (Å²) in [7, 11) is 1.67. The van der Waals surface area contributed by atoms with Gasteiger partial charge >= 0.3 is 0 Å². The summed E-state index contributed by atoms with van der Waals surface area (Å²) >= 11 is 0. The highest BCUT2D eigenvalue weighted by molar-refractivity contribution is 5.80. The second kappa shape index (κ2) is 6.09. The van der Waals surface area contributed by atoms with Crippen molar-refractivity contribution in [3.05, 3.63) is 73.1 Å². The Morgan fingerprint density at radius 2 is 1.76 bits per heavy atom. The number of fused-ring (bicyclic) bond motifs is 2. The average molecular weight is 276 g/mol. The van der Waals surface area contributed by atoms with Gasteiger partial charge in [-0.2, -0.15) is 0 Å². The first-order valence-corrected chi connectivity index (χ1v) is 6.78. The van der Waals surface area contributed by atoms with Gasteiger partial charge in [0.15, 0.2) is 0 Å². The summed E-state index contributed by atoms with van der Waals surface area (Å²) in [6, 6.07) is 20.1. The molecule has 3 nitrogen and oxygen atoms in total. The van der Waals surface area contributed by atoms with Crippen LogP contribution in [0.4, 0.5) is 0 Å². The monoisotopic (exact) mass is 276 g/mol. The van der Waals surface area contributed by atoms with E-state index in [-0.39, 0.29) is 0 Å². The standard InChI is InChI=1S/C9H9NO.C9H7N/c1-11-8-2-3-9-7(6-8)4-5-10-9;1-2-6-9-8(4-1)5-3-7-10-9/h2-6,10H,1H3;1-7H. The molecule has 0 aliphatic heterocycles. The van der Waals surface area contributed by atoms with E-state index in [4.69, 9.17) is 4.74 Å². The topological polar surface area (TPSA) is 37.9 Å². The van der Waals surface area contributed by atoms with Gasteiger partial charge in [-0.15, -0.1) is 0 Å². The summed E-state index contributed by atoms with van der Waals surface area (Å²) in [6.07, 6.45) is 3.73. The van der Waals surface area contributed by atoms with Gasteiger partial charge in [0.1, 0.15) is 5.75 Å². The summed E-state index contributed by atoms with van der Waals surface area (Å²) in [5, 5.41) is 2.38. The largest absolute Gasteiger partial charge is 0.497 e. The Morgan fingerprint density at radius 3 is 2.62 bits per heavy atom. The van der Waals surface area contributed by atoms with Crippen LogP contribution in [-0.4, -0.2) is 17.1 Å². The summed E-state index contributed by atoms with van der Waals surface area (Å²) < 4.78 is 5.08. The maximum absolute atomic E-state index is 5.08. The van der Waals surface area contributed by atoms with E-state index in [2.05, 4.69) is 22.1 Å². The van der Waals surface area contributed by atoms with Gasteiger partial charge in [-0.1, -0.05) is 24.3 Å². The molecule has 0 radical (unpaired) electrons. The summed E-state index contributed by atoms with van der Waals surface area (Å²) in [6.45, 7) is 0. The molecule has 4 rings (SSSR count). The first-order valence-electron chi connectivity index (χ1n) is 6.78. The number of aromatic amines is 1. The van der Waals surface area contributed by atoms with Crippen LogP contribution < -0.4 is 4.74 Å². The van der Waals surface area contributed by atoms with Crippen molar-refractivity contribution in [2.45, 2.75) is 0 Å². The number of H-pyrrole nitrogens is 1. The molecule has 0 spiro atoms. The van der Waals surface area contributed by atoms with Gasteiger partial charge in [0, 0.05) is 28.7 Å². The van der Waals surface area contributed by atoms with Crippen molar-refractivity contribution in [3.63, 3.8) is 0 Å². The van der Waals surface area contributed by atoms with Crippen LogP contribution in [0.25, 0.3) is 21.8 Å². The molecule has 0 saturated carbocycles. The fraction of sp³-hybridized carbons (Fsp3) is 0.0556. The molecular weight excluding hydrogens is 260 g/mol. The van der Waals surface area contributed by atoms with Crippen LogP contribution in [0.3, 0.4) is 0 Å². The molecule has 0 unspecified atom stereocenters. The van der Waals surface area contributed by atoms with Crippen molar-refractivity contribution >= 4 is 21.8 Å². The predicted molar refractivity (Wildman–Crippen MR) is 86.6 cm³/mol. The van der Waals surface area contributed by atoms with Gasteiger partial charge in [0.2, 0.25) is 0 Å². The van der Waals surface area contributed by atoms with E-state index in [0.29, 0.717) is 0 Å². The third-order valence-electron chi connectivity index (χ3n) is 3.27. The minimum Gasteiger partial charge on any atom is -0.497 e. The molecule has 0 aliphatic carbocycles. The van der Waals surface area contributed by atoms with Crippen molar-refractivity contribution in [1.82, 2.24) is 9.97 Å². The van der Waals surface area contributed by atoms with Crippen LogP contribution in [0.1, 0.15) is 0 Å². The Morgan fingerprint density at radius 1 is 0.905 bits per heavy atom. The fourth-order valence-electron chi connectivity index (χ4n) is 2.17. The molecule has 3 heteroatoms. The lowest BCUT2D eigenvalue weighted by Crippen LogP contribution is -1.80. The zero-order valence-electron chi connectivity index (χ0n) is 11.8. The third kappa shape index (κ3) is 3.03. The van der Waals surface area contributed by atoms with Crippen molar-refractivity contribution in [2.75, 3.05) is 7.11 Å². The highest BCUT2D eigenvalue weighted by Gasteiger charge is 1.94. The number of nitrogens with one attached hydrogen (secondary N) is 1. The van der Waals surface area contributed by atoms with Crippen LogP contribution in [0.5, 0.6) is 5.75 Å². The van der Waals surface area contributed by atoms with Gasteiger partial charge in [0.25, 0.3) is 0 Å². The second-order valence-electron chi connectivity index (χ2n) is 4.63. The minimum atomic E-state index is 0.900. The molecular formula is C18H16N2O. The van der Waals surface area contributed by atoms with Crippen LogP contribution >= 0.6 is 0 Å². The van der Waals surface area contributed by atoms with Crippen molar-refractivity contribution < 1.29 is 4.74 Å². The van der Waals surface area contributed by atoms with Crippen LogP contribution in [0.15, 0.2) is 73.1 Å². The van der Waals surface area contributed by atoms with E-state index in [0.717, 1.165) is 16.8 Å². The molecule has 0 saturated heterocycles. The number of nitrogens with zero attached hydrogens (tertiary/aromatic N) is 1. The summed E-state index contributed by atoms with van der Waals surface area (Å²) in [5.41, 5.74) is 2.20. The highest BCUT2D eigenvalue weighted by Crippen LogP contribution is 2.18. The van der Waals surface area contributed by atoms with E-state index in [1.54, 1.807) is 7.11 Å². The lowest BCUT2D eigenvalue weighted by molar-refractivity contribution is 0.415. The average Bonchev–Trinajstić information content (AvgIpc) is 3.03. The van der Waals surface area contributed by atoms with Crippen molar-refractivity contribution in [3.8, 4) is 5.75 Å². The van der Waals surface area contributed by atoms with E-state index < -0.39 is 0 Å². The summed E-state index contributed by atoms with van der Waals surface area (Å²) in [5.74, 6) is 0.900. The number of aromatic nitrogens is 2. The third-order valence-corrected chi connectivity index (χ3v) is 3.27. The maximum atomic E-state index is 5.08. The van der Waals surface area contributed by atoms with Crippen molar-refractivity contribution in [2.24, 2.45) is 0 Å². The van der Waals surface area contributed by atoms with E-state index in [1.807, 2.05) is 60.9 Å². The van der Waals surface area contributed by atoms with Crippen molar-refractivity contribution in [1.29, 1.82) is 0 Å². The first kappa shape index (κ1) is 13.2. The lowest BCUT2D eigenvalue weighted by atomic mass is 10.2. The second-order valence-corrected chi connectivity index (χ2v) is 4.63. The Bertz CT molecular complexity index is 786. The molecule has 0 fully saturated rings. The number of para-hydroxylation sites is 1. The zero-order chi connectivity index (χ0) is 14.5. The first-order chi connectivity index (χ1) is 10.4. The van der Waals surface area contributed by atoms with Crippen LogP contribution in [0, 0.1) is 0 Å². The molecule has 0 amide bonds. The van der Waals surface area contributed by atoms with E-state index in [9.17, 15) is 0 Å². The number of pyridine rings is 1. The molecule has 21 heavy (non-hydrogen) atoms. The SMILES string of the molecule is COc1ccc2[nH]ccc2c1.c1ccc2ncccc2c1. The van der Waals surface area contributed by atoms with Crippen LogP contribution in [-0.2, 0) is 0 Å². The molecule has 2 heterocycles. The number of benzene rings is 2. The molecule has 2 aromatic heterocycles. The minimum absolute atomic E-state index is 0.900. The van der Waals surface area contributed by atoms with E-state index in [1.165, 1.54) is 10.8 Å². The van der Waals surface area contributed by atoms with Gasteiger partial charge in [0.05, 0.1) is 12.6 Å². The molecule has 0 bridgehead atoms. The predicted octanol–water partition coefficient (Wildman–Crippen LogP) is 4.41. The molecule has 2 aromatic carbocycles. The molecule has 1 N–H and O–H groups in total. The number of rotatable bonds is 1. The van der Waals surface area contributed by atoms with Gasteiger partial charge in [-0.25, -0.2) is 0 Å². The zero-order valence-corrected chi connectivity index (χ0v) is 11.8. The number of methoxy groups -OCH3 is 1. The van der Waals surface area contributed by atoms with Crippen LogP contribution in [0.2, 0.25) is 0 Å². The number of hydrogen-bond donors (Lipinski definition) is 1. The van der Waals surface area contributed by atoms with Gasteiger partial charge in [-0.05, 0) is 36.4 Å². The number of hydrogen-bond acceptors (Lipinski definition) is 2. The molecule has 104 valence electrons. The Labute approximate surface area is 123 Å². The number of ether oxygens (including phenoxy) is 1. The summed E-state index contributed by atoms with van der Waals surface area (Å²) in [4.78, 5) is 7.30. The van der Waals surface area contributed by atoms with Gasteiger partial charge < -0.3 is 9.72 Å². The fourth-order valence-corrected chi connectivity index (χ4v) is 2.17. The Balaban J connectivity index is 0.000000126. The smallest absolute Gasteiger partial charge is 0.119 e. The Hall–Kier alpha value is -2.81. The quantitative estimate of drug-likeness (QED) is 0.559. The lowest BCUT2D eigenvalue weighted by Gasteiger charge is -1.97. The highest BCUT2D eigenvalue weighted by atomic mass is 16.5. The van der Waals surface area contributed by atoms with Gasteiger partial charge in [-0.3, -0.25) is 4.98 Å². The molecule has 0 atom stereocenters.